The van der Waals surface area contributed by atoms with Gasteiger partial charge in [0.15, 0.2) is 5.96 Å². The minimum Gasteiger partial charge on any atom is -0.357 e. The number of likely N-dealkylation sites (N-methyl/N-ethyl adjacent to an activating group) is 1. The first-order valence-electron chi connectivity index (χ1n) is 9.58. The predicted octanol–water partition coefficient (Wildman–Crippen LogP) is 2.08. The van der Waals surface area contributed by atoms with Gasteiger partial charge in [-0.05, 0) is 45.6 Å². The van der Waals surface area contributed by atoms with Gasteiger partial charge in [-0.15, -0.1) is 24.0 Å². The molecule has 140 valence electrons. The predicted molar refractivity (Wildman–Crippen MR) is 112 cm³/mol. The largest absolute Gasteiger partial charge is 0.357 e. The Kier molecular flexibility index (Phi) is 7.61. The van der Waals surface area contributed by atoms with Crippen molar-refractivity contribution in [2.75, 3.05) is 59.4 Å². The zero-order valence-electron chi connectivity index (χ0n) is 15.8. The maximum atomic E-state index is 4.99. The van der Waals surface area contributed by atoms with Gasteiger partial charge < -0.3 is 15.1 Å². The Labute approximate surface area is 165 Å². The van der Waals surface area contributed by atoms with Crippen LogP contribution in [0.4, 0.5) is 0 Å². The Morgan fingerprint density at radius 1 is 1.12 bits per heavy atom. The van der Waals surface area contributed by atoms with Crippen molar-refractivity contribution in [1.82, 2.24) is 20.0 Å². The van der Waals surface area contributed by atoms with Crippen molar-refractivity contribution in [3.8, 4) is 0 Å². The van der Waals surface area contributed by atoms with Crippen molar-refractivity contribution in [3.63, 3.8) is 0 Å². The van der Waals surface area contributed by atoms with E-state index in [4.69, 9.17) is 4.99 Å². The second kappa shape index (κ2) is 9.03. The van der Waals surface area contributed by atoms with E-state index in [2.05, 4.69) is 40.9 Å². The Hall–Kier alpha value is -0.0800. The molecule has 24 heavy (non-hydrogen) atoms. The summed E-state index contributed by atoms with van der Waals surface area (Å²) in [5, 5.41) is 3.53. The van der Waals surface area contributed by atoms with Crippen LogP contribution in [0.1, 0.15) is 39.5 Å². The molecule has 2 heterocycles. The van der Waals surface area contributed by atoms with Gasteiger partial charge >= 0.3 is 0 Å². The molecule has 0 radical (unpaired) electrons. The monoisotopic (exact) mass is 449 g/mol. The molecule has 0 bridgehead atoms. The van der Waals surface area contributed by atoms with E-state index in [1.54, 1.807) is 0 Å². The van der Waals surface area contributed by atoms with E-state index in [9.17, 15) is 0 Å². The number of halogens is 1. The Balaban J connectivity index is 0.00000208. The van der Waals surface area contributed by atoms with E-state index in [0.717, 1.165) is 19.0 Å². The van der Waals surface area contributed by atoms with Crippen LogP contribution in [0.5, 0.6) is 0 Å². The third kappa shape index (κ3) is 4.75. The summed E-state index contributed by atoms with van der Waals surface area (Å²) in [7, 11) is 2.22. The van der Waals surface area contributed by atoms with Crippen LogP contribution in [-0.4, -0.2) is 86.1 Å². The van der Waals surface area contributed by atoms with Crippen molar-refractivity contribution in [2.45, 2.75) is 45.6 Å². The van der Waals surface area contributed by atoms with Crippen LogP contribution < -0.4 is 5.32 Å². The van der Waals surface area contributed by atoms with E-state index >= 15 is 0 Å². The lowest BCUT2D eigenvalue weighted by molar-refractivity contribution is 0.122. The quantitative estimate of drug-likeness (QED) is 0.405. The first-order valence-corrected chi connectivity index (χ1v) is 9.58. The van der Waals surface area contributed by atoms with Gasteiger partial charge in [-0.25, -0.2) is 0 Å². The van der Waals surface area contributed by atoms with Crippen LogP contribution in [-0.2, 0) is 0 Å². The maximum Gasteiger partial charge on any atom is 0.193 e. The molecule has 6 heteroatoms. The van der Waals surface area contributed by atoms with E-state index < -0.39 is 0 Å². The zero-order chi connectivity index (χ0) is 16.3. The molecular weight excluding hydrogens is 413 g/mol. The van der Waals surface area contributed by atoms with Crippen molar-refractivity contribution < 1.29 is 0 Å². The van der Waals surface area contributed by atoms with Gasteiger partial charge in [-0.3, -0.25) is 9.89 Å². The molecule has 3 aliphatic rings. The Morgan fingerprint density at radius 2 is 1.83 bits per heavy atom. The molecule has 1 atom stereocenters. The summed E-state index contributed by atoms with van der Waals surface area (Å²) in [5.41, 5.74) is 0.638. The summed E-state index contributed by atoms with van der Waals surface area (Å²) >= 11 is 0. The number of hydrogen-bond acceptors (Lipinski definition) is 3. The van der Waals surface area contributed by atoms with Crippen LogP contribution in [0.15, 0.2) is 4.99 Å². The average Bonchev–Trinajstić information content (AvgIpc) is 2.97. The fraction of sp³-hybridized carbons (Fsp3) is 0.944. The summed E-state index contributed by atoms with van der Waals surface area (Å²) in [5.74, 6) is 1.15. The molecule has 1 spiro atoms. The molecule has 1 unspecified atom stereocenters. The molecule has 1 aliphatic carbocycles. The van der Waals surface area contributed by atoms with Gasteiger partial charge in [-0.1, -0.05) is 6.42 Å². The lowest BCUT2D eigenvalue weighted by Crippen LogP contribution is -2.49. The fourth-order valence-electron chi connectivity index (χ4n) is 4.22. The lowest BCUT2D eigenvalue weighted by Gasteiger charge is -2.38. The number of guanidine groups is 1. The van der Waals surface area contributed by atoms with Gasteiger partial charge in [0, 0.05) is 51.9 Å². The van der Waals surface area contributed by atoms with Crippen LogP contribution >= 0.6 is 24.0 Å². The molecule has 2 saturated heterocycles. The van der Waals surface area contributed by atoms with Gasteiger partial charge in [0.1, 0.15) is 0 Å². The van der Waals surface area contributed by atoms with Gasteiger partial charge in [-0.2, -0.15) is 0 Å². The normalized spacial score (nSPS) is 26.1. The molecule has 2 aliphatic heterocycles. The van der Waals surface area contributed by atoms with Crippen molar-refractivity contribution in [1.29, 1.82) is 0 Å². The van der Waals surface area contributed by atoms with Gasteiger partial charge in [0.05, 0.1) is 6.54 Å². The van der Waals surface area contributed by atoms with Gasteiger partial charge in [0.2, 0.25) is 0 Å². The first kappa shape index (κ1) is 20.2. The van der Waals surface area contributed by atoms with Crippen molar-refractivity contribution in [3.05, 3.63) is 0 Å². The minimum atomic E-state index is 0. The molecule has 5 nitrogen and oxygen atoms in total. The smallest absolute Gasteiger partial charge is 0.193 e. The van der Waals surface area contributed by atoms with Crippen molar-refractivity contribution >= 4 is 29.9 Å². The highest BCUT2D eigenvalue weighted by Gasteiger charge is 2.43. The Morgan fingerprint density at radius 3 is 2.38 bits per heavy atom. The number of aliphatic imine (C=N–C) groups is 1. The topological polar surface area (TPSA) is 34.1 Å². The molecule has 0 amide bonds. The van der Waals surface area contributed by atoms with E-state index in [-0.39, 0.29) is 24.0 Å². The molecule has 0 aromatic rings. The number of rotatable bonds is 4. The van der Waals surface area contributed by atoms with Crippen molar-refractivity contribution in [2.24, 2.45) is 10.4 Å². The number of likely N-dealkylation sites (tertiary alicyclic amines) is 1. The van der Waals surface area contributed by atoms with Crippen LogP contribution in [0.3, 0.4) is 0 Å². The second-order valence-corrected chi connectivity index (χ2v) is 7.91. The minimum absolute atomic E-state index is 0. The van der Waals surface area contributed by atoms with Crippen LogP contribution in [0.2, 0.25) is 0 Å². The van der Waals surface area contributed by atoms with E-state index in [1.165, 1.54) is 65.0 Å². The van der Waals surface area contributed by atoms with Crippen LogP contribution in [0.25, 0.3) is 0 Å². The third-order valence-electron chi connectivity index (χ3n) is 6.15. The molecule has 3 fully saturated rings. The molecular formula is C18H36IN5. The highest BCUT2D eigenvalue weighted by molar-refractivity contribution is 14.0. The Bertz CT molecular complexity index is 416. The standard InChI is InChI=1S/C18H35N5.HI/c1-4-19-17(23-9-8-18(15-23)6-5-7-18)20-14-16(2)22-12-10-21(3)11-13-22;/h16H,4-15H2,1-3H3,(H,19,20);1H. The summed E-state index contributed by atoms with van der Waals surface area (Å²) < 4.78 is 0. The first-order chi connectivity index (χ1) is 11.1. The summed E-state index contributed by atoms with van der Waals surface area (Å²) in [6.45, 7) is 13.5. The van der Waals surface area contributed by atoms with Crippen LogP contribution in [0, 0.1) is 5.41 Å². The summed E-state index contributed by atoms with van der Waals surface area (Å²) in [6.07, 6.45) is 5.66. The second-order valence-electron chi connectivity index (χ2n) is 7.91. The molecule has 3 rings (SSSR count). The maximum absolute atomic E-state index is 4.99. The highest BCUT2D eigenvalue weighted by atomic mass is 127. The SMILES string of the molecule is CCNC(=NCC(C)N1CCN(C)CC1)N1CCC2(CCC2)C1.I. The van der Waals surface area contributed by atoms with E-state index in [0.29, 0.717) is 11.5 Å². The average molecular weight is 449 g/mol. The zero-order valence-corrected chi connectivity index (χ0v) is 18.1. The fourth-order valence-corrected chi connectivity index (χ4v) is 4.22. The molecule has 1 N–H and O–H groups in total. The summed E-state index contributed by atoms with van der Waals surface area (Å²) in [4.78, 5) is 12.5. The summed E-state index contributed by atoms with van der Waals surface area (Å²) in [6, 6.07) is 0.539. The number of piperazine rings is 1. The third-order valence-corrected chi connectivity index (χ3v) is 6.15. The molecule has 1 saturated carbocycles. The lowest BCUT2D eigenvalue weighted by atomic mass is 9.68. The number of nitrogens with zero attached hydrogens (tertiary/aromatic N) is 4. The van der Waals surface area contributed by atoms with Gasteiger partial charge in [0.25, 0.3) is 0 Å². The molecule has 0 aromatic carbocycles. The number of nitrogens with one attached hydrogen (secondary N) is 1. The van der Waals surface area contributed by atoms with E-state index in [1.807, 2.05) is 0 Å². The highest BCUT2D eigenvalue weighted by Crippen LogP contribution is 2.47. The number of hydrogen-bond donors (Lipinski definition) is 1. The molecule has 0 aromatic heterocycles.